The van der Waals surface area contributed by atoms with Gasteiger partial charge < -0.3 is 15.5 Å². The van der Waals surface area contributed by atoms with Gasteiger partial charge in [0.2, 0.25) is 0 Å². The molecule has 10 heteroatoms. The lowest BCUT2D eigenvalue weighted by Crippen LogP contribution is -2.41. The van der Waals surface area contributed by atoms with Crippen molar-refractivity contribution in [3.63, 3.8) is 0 Å². The van der Waals surface area contributed by atoms with E-state index in [9.17, 15) is 24.5 Å². The summed E-state index contributed by atoms with van der Waals surface area (Å²) in [7, 11) is 0. The van der Waals surface area contributed by atoms with Crippen LogP contribution in [0.3, 0.4) is 0 Å². The number of aliphatic carboxylic acids is 2. The van der Waals surface area contributed by atoms with Crippen molar-refractivity contribution in [1.82, 2.24) is 5.32 Å². The number of hydrogen-bond donors (Lipinski definition) is 3. The summed E-state index contributed by atoms with van der Waals surface area (Å²) in [5.74, 6) is -3.75. The van der Waals surface area contributed by atoms with E-state index >= 15 is 0 Å². The summed E-state index contributed by atoms with van der Waals surface area (Å²) in [5.41, 5.74) is 0. The Bertz CT molecular complexity index is 538. The molecule has 0 aromatic carbocycles. The molecule has 1 aromatic heterocycles. The Kier molecular flexibility index (Phi) is 4.53. The number of thiophene rings is 1. The van der Waals surface area contributed by atoms with E-state index in [4.69, 9.17) is 10.2 Å². The van der Waals surface area contributed by atoms with Crippen LogP contribution in [-0.4, -0.2) is 39.0 Å². The van der Waals surface area contributed by atoms with Gasteiger partial charge in [0, 0.05) is 6.07 Å². The van der Waals surface area contributed by atoms with Crippen molar-refractivity contribution in [3.05, 3.63) is 27.1 Å². The fraction of sp³-hybridized carbons (Fsp3) is 0.222. The van der Waals surface area contributed by atoms with E-state index in [0.717, 1.165) is 12.1 Å². The molecule has 0 spiro atoms. The zero-order chi connectivity index (χ0) is 14.6. The smallest absolute Gasteiger partial charge is 0.326 e. The van der Waals surface area contributed by atoms with E-state index in [1.165, 1.54) is 0 Å². The number of nitro groups is 1. The highest BCUT2D eigenvalue weighted by Gasteiger charge is 2.25. The van der Waals surface area contributed by atoms with Crippen LogP contribution in [0.1, 0.15) is 16.1 Å². The van der Waals surface area contributed by atoms with Gasteiger partial charge in [-0.15, -0.1) is 0 Å². The first-order valence-corrected chi connectivity index (χ1v) is 5.62. The van der Waals surface area contributed by atoms with E-state index in [2.05, 4.69) is 0 Å². The Balaban J connectivity index is 2.78. The summed E-state index contributed by atoms with van der Waals surface area (Å²) in [4.78, 5) is 42.4. The summed E-state index contributed by atoms with van der Waals surface area (Å²) in [6.07, 6.45) is -0.783. The van der Waals surface area contributed by atoms with Gasteiger partial charge in [-0.25, -0.2) is 4.79 Å². The average Bonchev–Trinajstić information content (AvgIpc) is 2.76. The maximum atomic E-state index is 11.6. The van der Waals surface area contributed by atoms with Crippen molar-refractivity contribution >= 4 is 34.2 Å². The molecule has 3 N–H and O–H groups in total. The number of rotatable bonds is 6. The van der Waals surface area contributed by atoms with Crippen LogP contribution in [0.4, 0.5) is 5.00 Å². The third-order valence-corrected chi connectivity index (χ3v) is 3.01. The zero-order valence-corrected chi connectivity index (χ0v) is 10.0. The van der Waals surface area contributed by atoms with Crippen molar-refractivity contribution in [2.75, 3.05) is 0 Å². The van der Waals surface area contributed by atoms with E-state index in [1.807, 2.05) is 5.32 Å². The molecule has 0 fully saturated rings. The molecule has 1 atom stereocenters. The van der Waals surface area contributed by atoms with Gasteiger partial charge in [-0.1, -0.05) is 11.3 Å². The summed E-state index contributed by atoms with van der Waals surface area (Å²) < 4.78 is 0. The lowest BCUT2D eigenvalue weighted by molar-refractivity contribution is -0.380. The van der Waals surface area contributed by atoms with Crippen LogP contribution >= 0.6 is 11.3 Å². The quantitative estimate of drug-likeness (QED) is 0.504. The van der Waals surface area contributed by atoms with Gasteiger partial charge in [-0.3, -0.25) is 19.7 Å². The van der Waals surface area contributed by atoms with Gasteiger partial charge in [0.05, 0.1) is 16.2 Å². The number of carbonyl (C=O) groups is 3. The molecule has 0 aliphatic rings. The monoisotopic (exact) mass is 288 g/mol. The van der Waals surface area contributed by atoms with Crippen molar-refractivity contribution in [1.29, 1.82) is 0 Å². The first-order chi connectivity index (χ1) is 8.81. The van der Waals surface area contributed by atoms with E-state index in [-0.39, 0.29) is 9.88 Å². The second-order valence-electron chi connectivity index (χ2n) is 3.36. The van der Waals surface area contributed by atoms with Gasteiger partial charge in [-0.2, -0.15) is 0 Å². The lowest BCUT2D eigenvalue weighted by atomic mass is 10.2. The summed E-state index contributed by atoms with van der Waals surface area (Å²) in [5, 5.41) is 29.4. The van der Waals surface area contributed by atoms with Gasteiger partial charge in [0.1, 0.15) is 6.04 Å². The number of hydrogen-bond acceptors (Lipinski definition) is 6. The van der Waals surface area contributed by atoms with Crippen LogP contribution < -0.4 is 5.32 Å². The van der Waals surface area contributed by atoms with Crippen molar-refractivity contribution < 1.29 is 29.5 Å². The minimum atomic E-state index is -1.59. The zero-order valence-electron chi connectivity index (χ0n) is 9.23. The molecule has 1 amide bonds. The number of carboxylic acid groups (broad SMARTS) is 2. The molecule has 102 valence electrons. The highest BCUT2D eigenvalue weighted by Crippen LogP contribution is 2.23. The summed E-state index contributed by atoms with van der Waals surface area (Å²) >= 11 is 0.570. The molecule has 0 saturated heterocycles. The molecule has 0 aliphatic carbocycles. The maximum Gasteiger partial charge on any atom is 0.326 e. The second kappa shape index (κ2) is 5.91. The third-order valence-electron chi connectivity index (χ3n) is 1.98. The van der Waals surface area contributed by atoms with E-state index in [1.54, 1.807) is 0 Å². The van der Waals surface area contributed by atoms with Gasteiger partial charge >= 0.3 is 16.9 Å². The minimum absolute atomic E-state index is 0.0664. The van der Waals surface area contributed by atoms with Crippen molar-refractivity contribution in [2.45, 2.75) is 12.5 Å². The first-order valence-electron chi connectivity index (χ1n) is 4.81. The Morgan fingerprint density at radius 3 is 2.42 bits per heavy atom. The molecule has 19 heavy (non-hydrogen) atoms. The third kappa shape index (κ3) is 4.03. The Morgan fingerprint density at radius 1 is 1.37 bits per heavy atom. The first kappa shape index (κ1) is 14.6. The predicted molar refractivity (Wildman–Crippen MR) is 62.1 cm³/mol. The molecule has 0 unspecified atom stereocenters. The summed E-state index contributed by atoms with van der Waals surface area (Å²) in [6.45, 7) is 0. The second-order valence-corrected chi connectivity index (χ2v) is 4.42. The average molecular weight is 288 g/mol. The standard InChI is InChI=1S/C9H8N2O7S/c12-7(13)3-4(9(15)16)10-8(14)5-1-2-6(19-5)11(17)18/h1-2,4H,3H2,(H,10,14)(H,12,13)(H,15,16)/t4-/m1/s1. The number of carboxylic acids is 2. The van der Waals surface area contributed by atoms with Crippen molar-refractivity contribution in [2.24, 2.45) is 0 Å². The Labute approximate surface area is 109 Å². The highest BCUT2D eigenvalue weighted by atomic mass is 32.1. The number of nitrogens with one attached hydrogen (secondary N) is 1. The van der Waals surface area contributed by atoms with Crippen LogP contribution in [0.2, 0.25) is 0 Å². The molecule has 1 rings (SSSR count). The number of amides is 1. The van der Waals surface area contributed by atoms with Gasteiger partial charge in [0.25, 0.3) is 5.91 Å². The fourth-order valence-electron chi connectivity index (χ4n) is 1.15. The summed E-state index contributed by atoms with van der Waals surface area (Å²) in [6, 6.07) is 0.677. The predicted octanol–water partition coefficient (Wildman–Crippen LogP) is 0.314. The minimum Gasteiger partial charge on any atom is -0.481 e. The van der Waals surface area contributed by atoms with Crippen LogP contribution in [0, 0.1) is 10.1 Å². The van der Waals surface area contributed by atoms with Crippen LogP contribution in [0.5, 0.6) is 0 Å². The van der Waals surface area contributed by atoms with Crippen molar-refractivity contribution in [3.8, 4) is 0 Å². The molecule has 0 radical (unpaired) electrons. The van der Waals surface area contributed by atoms with Gasteiger partial charge in [-0.05, 0) is 6.07 Å². The molecule has 0 saturated carbocycles. The fourth-order valence-corrected chi connectivity index (χ4v) is 1.88. The Hall–Kier alpha value is -2.49. The van der Waals surface area contributed by atoms with Crippen LogP contribution in [0.15, 0.2) is 12.1 Å². The molecular formula is C9H8N2O7S. The Morgan fingerprint density at radius 2 is 2.00 bits per heavy atom. The highest BCUT2D eigenvalue weighted by molar-refractivity contribution is 7.17. The number of carbonyl (C=O) groups excluding carboxylic acids is 1. The maximum absolute atomic E-state index is 11.6. The van der Waals surface area contributed by atoms with Crippen LogP contribution in [-0.2, 0) is 9.59 Å². The molecule has 1 heterocycles. The van der Waals surface area contributed by atoms with E-state index < -0.39 is 35.2 Å². The lowest BCUT2D eigenvalue weighted by Gasteiger charge is -2.10. The molecule has 0 bridgehead atoms. The molecule has 9 nitrogen and oxygen atoms in total. The number of nitrogens with zero attached hydrogens (tertiary/aromatic N) is 1. The molecular weight excluding hydrogens is 280 g/mol. The molecule has 1 aromatic rings. The SMILES string of the molecule is O=C(O)C[C@@H](NC(=O)c1ccc([N+](=O)[O-])s1)C(=O)O. The largest absolute Gasteiger partial charge is 0.481 e. The van der Waals surface area contributed by atoms with Gasteiger partial charge in [0.15, 0.2) is 0 Å². The molecule has 0 aliphatic heterocycles. The van der Waals surface area contributed by atoms with Crippen LogP contribution in [0.25, 0.3) is 0 Å². The van der Waals surface area contributed by atoms with E-state index in [0.29, 0.717) is 11.3 Å². The topological polar surface area (TPSA) is 147 Å². The normalized spacial score (nSPS) is 11.6.